The number of nitrogens with one attached hydrogen (secondary N) is 1. The highest BCUT2D eigenvalue weighted by molar-refractivity contribution is 5.94. The zero-order chi connectivity index (χ0) is 13.8. The number of carbonyl (C=O) groups excluding carboxylic acids is 1. The summed E-state index contributed by atoms with van der Waals surface area (Å²) in [7, 11) is 0. The summed E-state index contributed by atoms with van der Waals surface area (Å²) in [6.07, 6.45) is 1.36. The SMILES string of the molecule is N#CC(NC(=O)c1ccc(F)c(F)c1)c1ccco1. The monoisotopic (exact) mass is 262 g/mol. The molecule has 0 fully saturated rings. The Bertz CT molecular complexity index is 633. The van der Waals surface area contributed by atoms with Crippen LogP contribution in [0.15, 0.2) is 41.0 Å². The van der Waals surface area contributed by atoms with E-state index in [2.05, 4.69) is 5.32 Å². The summed E-state index contributed by atoms with van der Waals surface area (Å²) in [4.78, 5) is 11.8. The second-order valence-corrected chi connectivity index (χ2v) is 3.68. The van der Waals surface area contributed by atoms with Crippen molar-refractivity contribution in [1.29, 1.82) is 5.26 Å². The van der Waals surface area contributed by atoms with E-state index < -0.39 is 23.6 Å². The number of furan rings is 1. The van der Waals surface area contributed by atoms with Gasteiger partial charge in [0.1, 0.15) is 5.76 Å². The van der Waals surface area contributed by atoms with Crippen LogP contribution in [0.25, 0.3) is 0 Å². The molecule has 0 saturated carbocycles. The Labute approximate surface area is 107 Å². The van der Waals surface area contributed by atoms with Crippen molar-refractivity contribution in [2.45, 2.75) is 6.04 Å². The van der Waals surface area contributed by atoms with Gasteiger partial charge in [-0.1, -0.05) is 0 Å². The van der Waals surface area contributed by atoms with E-state index in [0.717, 1.165) is 18.2 Å². The Morgan fingerprint density at radius 3 is 2.68 bits per heavy atom. The van der Waals surface area contributed by atoms with Gasteiger partial charge >= 0.3 is 0 Å². The Balaban J connectivity index is 2.16. The van der Waals surface area contributed by atoms with Gasteiger partial charge in [-0.25, -0.2) is 8.78 Å². The molecule has 1 aromatic carbocycles. The lowest BCUT2D eigenvalue weighted by Gasteiger charge is -2.09. The first-order chi connectivity index (χ1) is 9.11. The summed E-state index contributed by atoms with van der Waals surface area (Å²) < 4.78 is 30.7. The molecule has 0 aliphatic heterocycles. The number of halogens is 2. The summed E-state index contributed by atoms with van der Waals surface area (Å²) >= 11 is 0. The zero-order valence-electron chi connectivity index (χ0n) is 9.56. The molecule has 0 spiro atoms. The number of nitriles is 1. The molecule has 0 aliphatic rings. The molecule has 1 N–H and O–H groups in total. The summed E-state index contributed by atoms with van der Waals surface area (Å²) in [5.41, 5.74) is -0.0780. The first-order valence-electron chi connectivity index (χ1n) is 5.30. The summed E-state index contributed by atoms with van der Waals surface area (Å²) in [6.45, 7) is 0. The third-order valence-corrected chi connectivity index (χ3v) is 2.41. The van der Waals surface area contributed by atoms with Gasteiger partial charge in [-0.05, 0) is 30.3 Å². The second-order valence-electron chi connectivity index (χ2n) is 3.68. The summed E-state index contributed by atoms with van der Waals surface area (Å²) in [5.74, 6) is -2.60. The van der Waals surface area contributed by atoms with Gasteiger partial charge in [0.15, 0.2) is 17.7 Å². The van der Waals surface area contributed by atoms with Gasteiger partial charge in [-0.15, -0.1) is 0 Å². The molecular weight excluding hydrogens is 254 g/mol. The van der Waals surface area contributed by atoms with Crippen molar-refractivity contribution in [3.8, 4) is 6.07 Å². The third kappa shape index (κ3) is 2.77. The minimum atomic E-state index is -1.13. The average Bonchev–Trinajstić information content (AvgIpc) is 2.92. The van der Waals surface area contributed by atoms with Crippen molar-refractivity contribution in [3.63, 3.8) is 0 Å². The first kappa shape index (κ1) is 12.8. The maximum atomic E-state index is 13.0. The molecule has 1 aromatic heterocycles. The van der Waals surface area contributed by atoms with Crippen LogP contribution in [0.5, 0.6) is 0 Å². The van der Waals surface area contributed by atoms with Crippen molar-refractivity contribution in [2.75, 3.05) is 0 Å². The third-order valence-electron chi connectivity index (χ3n) is 2.41. The predicted molar refractivity (Wildman–Crippen MR) is 60.9 cm³/mol. The predicted octanol–water partition coefficient (Wildman–Crippen LogP) is 2.55. The standard InChI is InChI=1S/C13H8F2N2O2/c14-9-4-3-8(6-10(9)15)13(18)17-11(7-16)12-2-1-5-19-12/h1-6,11H,(H,17,18). The van der Waals surface area contributed by atoms with E-state index in [4.69, 9.17) is 9.68 Å². The zero-order valence-corrected chi connectivity index (χ0v) is 9.56. The molecule has 2 rings (SSSR count). The molecule has 1 atom stereocenters. The highest BCUT2D eigenvalue weighted by Crippen LogP contribution is 2.14. The van der Waals surface area contributed by atoms with Crippen LogP contribution < -0.4 is 5.32 Å². The molecule has 0 saturated heterocycles. The Morgan fingerprint density at radius 2 is 2.11 bits per heavy atom. The van der Waals surface area contributed by atoms with Crippen LogP contribution in [0.1, 0.15) is 22.2 Å². The van der Waals surface area contributed by atoms with Gasteiger partial charge in [0.2, 0.25) is 0 Å². The molecule has 96 valence electrons. The Kier molecular flexibility index (Phi) is 3.57. The van der Waals surface area contributed by atoms with Crippen LogP contribution in [-0.4, -0.2) is 5.91 Å². The summed E-state index contributed by atoms with van der Waals surface area (Å²) in [6, 6.07) is 6.69. The molecular formula is C13H8F2N2O2. The van der Waals surface area contributed by atoms with Crippen molar-refractivity contribution in [1.82, 2.24) is 5.32 Å². The molecule has 1 unspecified atom stereocenters. The molecule has 19 heavy (non-hydrogen) atoms. The first-order valence-corrected chi connectivity index (χ1v) is 5.30. The van der Waals surface area contributed by atoms with Gasteiger partial charge in [-0.2, -0.15) is 5.26 Å². The highest BCUT2D eigenvalue weighted by atomic mass is 19.2. The van der Waals surface area contributed by atoms with Crippen molar-refractivity contribution < 1.29 is 18.0 Å². The molecule has 0 bridgehead atoms. The maximum Gasteiger partial charge on any atom is 0.252 e. The van der Waals surface area contributed by atoms with Gasteiger partial charge in [0.05, 0.1) is 12.3 Å². The van der Waals surface area contributed by atoms with E-state index in [9.17, 15) is 13.6 Å². The van der Waals surface area contributed by atoms with Crippen molar-refractivity contribution in [2.24, 2.45) is 0 Å². The largest absolute Gasteiger partial charge is 0.466 e. The minimum Gasteiger partial charge on any atom is -0.466 e. The molecule has 0 radical (unpaired) electrons. The average molecular weight is 262 g/mol. The highest BCUT2D eigenvalue weighted by Gasteiger charge is 2.18. The number of carbonyl (C=O) groups is 1. The second kappa shape index (κ2) is 5.31. The number of hydrogen-bond donors (Lipinski definition) is 1. The topological polar surface area (TPSA) is 66.0 Å². The molecule has 1 heterocycles. The van der Waals surface area contributed by atoms with E-state index in [1.165, 1.54) is 12.3 Å². The lowest BCUT2D eigenvalue weighted by molar-refractivity contribution is 0.0941. The Hall–Kier alpha value is -2.68. The van der Waals surface area contributed by atoms with E-state index in [0.29, 0.717) is 0 Å². The van der Waals surface area contributed by atoms with E-state index >= 15 is 0 Å². The fourth-order valence-electron chi connectivity index (χ4n) is 1.47. The van der Waals surface area contributed by atoms with Crippen LogP contribution in [0.2, 0.25) is 0 Å². The van der Waals surface area contributed by atoms with Crippen LogP contribution >= 0.6 is 0 Å². The molecule has 2 aromatic rings. The van der Waals surface area contributed by atoms with E-state index in [1.54, 1.807) is 6.07 Å². The van der Waals surface area contributed by atoms with Gasteiger partial charge in [0.25, 0.3) is 5.91 Å². The lowest BCUT2D eigenvalue weighted by atomic mass is 10.1. The normalized spacial score (nSPS) is 11.6. The fourth-order valence-corrected chi connectivity index (χ4v) is 1.47. The number of rotatable bonds is 3. The van der Waals surface area contributed by atoms with Crippen LogP contribution in [0.4, 0.5) is 8.78 Å². The molecule has 6 heteroatoms. The van der Waals surface area contributed by atoms with Gasteiger partial charge in [0, 0.05) is 5.56 Å². The maximum absolute atomic E-state index is 13.0. The number of benzene rings is 1. The fraction of sp³-hybridized carbons (Fsp3) is 0.0769. The minimum absolute atomic E-state index is 0.0780. The molecule has 4 nitrogen and oxygen atoms in total. The number of nitrogens with zero attached hydrogens (tertiary/aromatic N) is 1. The van der Waals surface area contributed by atoms with E-state index in [1.807, 2.05) is 6.07 Å². The van der Waals surface area contributed by atoms with Crippen molar-refractivity contribution in [3.05, 3.63) is 59.6 Å². The van der Waals surface area contributed by atoms with Gasteiger partial charge in [-0.3, -0.25) is 4.79 Å². The molecule has 0 aliphatic carbocycles. The Morgan fingerprint density at radius 1 is 1.32 bits per heavy atom. The van der Waals surface area contributed by atoms with Crippen molar-refractivity contribution >= 4 is 5.91 Å². The lowest BCUT2D eigenvalue weighted by Crippen LogP contribution is -2.27. The smallest absolute Gasteiger partial charge is 0.252 e. The molecule has 1 amide bonds. The van der Waals surface area contributed by atoms with E-state index in [-0.39, 0.29) is 11.3 Å². The van der Waals surface area contributed by atoms with Crippen LogP contribution in [0, 0.1) is 23.0 Å². The number of hydrogen-bond acceptors (Lipinski definition) is 3. The summed E-state index contributed by atoms with van der Waals surface area (Å²) in [5, 5.41) is 11.3. The quantitative estimate of drug-likeness (QED) is 0.924. The van der Waals surface area contributed by atoms with Gasteiger partial charge < -0.3 is 9.73 Å². The number of amides is 1. The van der Waals surface area contributed by atoms with Crippen LogP contribution in [-0.2, 0) is 0 Å². The van der Waals surface area contributed by atoms with Crippen LogP contribution in [0.3, 0.4) is 0 Å².